The van der Waals surface area contributed by atoms with Gasteiger partial charge in [-0.15, -0.1) is 0 Å². The fraction of sp³-hybridized carbons (Fsp3) is 0.571. The molecule has 0 radical (unpaired) electrons. The van der Waals surface area contributed by atoms with Crippen molar-refractivity contribution < 1.29 is 9.66 Å². The number of benzene rings is 1. The van der Waals surface area contributed by atoms with E-state index in [1.54, 1.807) is 18.2 Å². The molecule has 0 amide bonds. The number of nitro groups is 1. The van der Waals surface area contributed by atoms with E-state index in [0.717, 1.165) is 25.9 Å². The molecule has 110 valence electrons. The lowest BCUT2D eigenvalue weighted by molar-refractivity contribution is -0.385. The first-order chi connectivity index (χ1) is 9.61. The van der Waals surface area contributed by atoms with Crippen molar-refractivity contribution in [3.8, 4) is 5.75 Å². The normalized spacial score (nSPS) is 19.0. The van der Waals surface area contributed by atoms with Crippen LogP contribution in [0.1, 0.15) is 19.8 Å². The summed E-state index contributed by atoms with van der Waals surface area (Å²) in [5, 5.41) is 14.6. The fourth-order valence-corrected chi connectivity index (χ4v) is 2.43. The average Bonchev–Trinajstić information content (AvgIpc) is 2.81. The van der Waals surface area contributed by atoms with E-state index in [2.05, 4.69) is 17.3 Å². The molecule has 1 N–H and O–H groups in total. The molecule has 1 unspecified atom stereocenters. The summed E-state index contributed by atoms with van der Waals surface area (Å²) in [4.78, 5) is 13.2. The molecule has 6 heteroatoms. The van der Waals surface area contributed by atoms with E-state index >= 15 is 0 Å². The van der Waals surface area contributed by atoms with Crippen molar-refractivity contribution in [2.75, 3.05) is 32.1 Å². The van der Waals surface area contributed by atoms with Crippen LogP contribution in [0.25, 0.3) is 0 Å². The molecule has 1 aliphatic heterocycles. The molecule has 2 rings (SSSR count). The highest BCUT2D eigenvalue weighted by atomic mass is 16.6. The number of nitrogens with one attached hydrogen (secondary N) is 1. The number of likely N-dealkylation sites (tertiary alicyclic amines) is 1. The number of ether oxygens (including phenoxy) is 1. The molecule has 0 bridgehead atoms. The number of nitrogens with zero attached hydrogens (tertiary/aromatic N) is 2. The Morgan fingerprint density at radius 3 is 2.95 bits per heavy atom. The predicted octanol–water partition coefficient (Wildman–Crippen LogP) is 2.50. The molecule has 0 aliphatic carbocycles. The Labute approximate surface area is 118 Å². The van der Waals surface area contributed by atoms with Gasteiger partial charge in [0.15, 0.2) is 5.75 Å². The average molecular weight is 279 g/mol. The third-order valence-corrected chi connectivity index (χ3v) is 3.39. The third-order valence-electron chi connectivity index (χ3n) is 3.39. The molecule has 1 saturated heterocycles. The summed E-state index contributed by atoms with van der Waals surface area (Å²) >= 11 is 0. The van der Waals surface area contributed by atoms with Gasteiger partial charge in [0.25, 0.3) is 0 Å². The van der Waals surface area contributed by atoms with Gasteiger partial charge in [-0.1, -0.05) is 13.0 Å². The SMILES string of the molecule is CCCOc1cccc(NC2CCN(C)C2)c1[N+](=O)[O-]. The van der Waals surface area contributed by atoms with E-state index in [1.165, 1.54) is 0 Å². The van der Waals surface area contributed by atoms with Gasteiger partial charge in [-0.3, -0.25) is 10.1 Å². The van der Waals surface area contributed by atoms with Crippen LogP contribution < -0.4 is 10.1 Å². The molecule has 1 aromatic rings. The molecule has 1 fully saturated rings. The molecule has 0 aromatic heterocycles. The van der Waals surface area contributed by atoms with Gasteiger partial charge in [0, 0.05) is 12.6 Å². The van der Waals surface area contributed by atoms with Gasteiger partial charge >= 0.3 is 5.69 Å². The van der Waals surface area contributed by atoms with Crippen molar-refractivity contribution in [2.24, 2.45) is 0 Å². The molecular weight excluding hydrogens is 258 g/mol. The first-order valence-electron chi connectivity index (χ1n) is 6.97. The van der Waals surface area contributed by atoms with Crippen molar-refractivity contribution in [3.05, 3.63) is 28.3 Å². The van der Waals surface area contributed by atoms with Crippen LogP contribution in [-0.2, 0) is 0 Å². The highest BCUT2D eigenvalue weighted by molar-refractivity contribution is 5.68. The van der Waals surface area contributed by atoms with Crippen molar-refractivity contribution in [1.29, 1.82) is 0 Å². The molecule has 0 spiro atoms. The Morgan fingerprint density at radius 1 is 1.55 bits per heavy atom. The number of hydrogen-bond donors (Lipinski definition) is 1. The van der Waals surface area contributed by atoms with E-state index in [-0.39, 0.29) is 16.7 Å². The van der Waals surface area contributed by atoms with Gasteiger partial charge in [0.2, 0.25) is 0 Å². The summed E-state index contributed by atoms with van der Waals surface area (Å²) in [7, 11) is 2.05. The van der Waals surface area contributed by atoms with Crippen molar-refractivity contribution >= 4 is 11.4 Å². The Kier molecular flexibility index (Phi) is 4.79. The first-order valence-corrected chi connectivity index (χ1v) is 6.97. The van der Waals surface area contributed by atoms with Crippen LogP contribution in [0.5, 0.6) is 5.75 Å². The van der Waals surface area contributed by atoms with Crippen LogP contribution in [-0.4, -0.2) is 42.6 Å². The van der Waals surface area contributed by atoms with Gasteiger partial charge in [-0.05, 0) is 38.6 Å². The second-order valence-corrected chi connectivity index (χ2v) is 5.15. The number of rotatable bonds is 6. The summed E-state index contributed by atoms with van der Waals surface area (Å²) in [6.07, 6.45) is 1.82. The van der Waals surface area contributed by atoms with Crippen LogP contribution in [0.15, 0.2) is 18.2 Å². The first kappa shape index (κ1) is 14.6. The van der Waals surface area contributed by atoms with Crippen molar-refractivity contribution in [3.63, 3.8) is 0 Å². The van der Waals surface area contributed by atoms with E-state index < -0.39 is 0 Å². The second kappa shape index (κ2) is 6.56. The zero-order chi connectivity index (χ0) is 14.5. The Bertz CT molecular complexity index is 479. The topological polar surface area (TPSA) is 67.6 Å². The molecule has 1 heterocycles. The van der Waals surface area contributed by atoms with E-state index in [1.807, 2.05) is 6.92 Å². The fourth-order valence-electron chi connectivity index (χ4n) is 2.43. The van der Waals surface area contributed by atoms with Gasteiger partial charge in [0.1, 0.15) is 5.69 Å². The summed E-state index contributed by atoms with van der Waals surface area (Å²) in [5.74, 6) is 0.341. The highest BCUT2D eigenvalue weighted by Gasteiger charge is 2.25. The van der Waals surface area contributed by atoms with E-state index in [0.29, 0.717) is 18.0 Å². The minimum atomic E-state index is -0.369. The Morgan fingerprint density at radius 2 is 2.35 bits per heavy atom. The van der Waals surface area contributed by atoms with E-state index in [9.17, 15) is 10.1 Å². The van der Waals surface area contributed by atoms with Gasteiger partial charge in [0.05, 0.1) is 11.5 Å². The lowest BCUT2D eigenvalue weighted by atomic mass is 10.2. The maximum absolute atomic E-state index is 11.3. The smallest absolute Gasteiger partial charge is 0.333 e. The number of para-hydroxylation sites is 1. The Balaban J connectivity index is 2.20. The predicted molar refractivity (Wildman–Crippen MR) is 78.4 cm³/mol. The van der Waals surface area contributed by atoms with Crippen LogP contribution in [0.3, 0.4) is 0 Å². The number of hydrogen-bond acceptors (Lipinski definition) is 5. The van der Waals surface area contributed by atoms with Gasteiger partial charge in [-0.25, -0.2) is 0 Å². The summed E-state index contributed by atoms with van der Waals surface area (Å²) in [6.45, 7) is 4.37. The van der Waals surface area contributed by atoms with Crippen molar-refractivity contribution in [1.82, 2.24) is 4.90 Å². The zero-order valence-electron chi connectivity index (χ0n) is 12.0. The summed E-state index contributed by atoms with van der Waals surface area (Å²) < 4.78 is 5.48. The zero-order valence-corrected chi connectivity index (χ0v) is 12.0. The standard InChI is InChI=1S/C14H21N3O3/c1-3-9-20-13-6-4-5-12(14(13)17(18)19)15-11-7-8-16(2)10-11/h4-6,11,15H,3,7-10H2,1-2H3. The number of anilines is 1. The molecule has 1 aliphatic rings. The number of likely N-dealkylation sites (N-methyl/N-ethyl adjacent to an activating group) is 1. The Hall–Kier alpha value is -1.82. The molecule has 1 atom stereocenters. The molecular formula is C14H21N3O3. The minimum absolute atomic E-state index is 0.0375. The minimum Gasteiger partial charge on any atom is -0.487 e. The largest absolute Gasteiger partial charge is 0.487 e. The monoisotopic (exact) mass is 279 g/mol. The molecule has 1 aromatic carbocycles. The quantitative estimate of drug-likeness (QED) is 0.640. The van der Waals surface area contributed by atoms with Crippen LogP contribution in [0, 0.1) is 10.1 Å². The lowest BCUT2D eigenvalue weighted by Gasteiger charge is -2.15. The molecule has 6 nitrogen and oxygen atoms in total. The van der Waals surface area contributed by atoms with E-state index in [4.69, 9.17) is 4.74 Å². The maximum atomic E-state index is 11.3. The van der Waals surface area contributed by atoms with Crippen molar-refractivity contribution in [2.45, 2.75) is 25.8 Å². The van der Waals surface area contributed by atoms with Crippen LogP contribution in [0.2, 0.25) is 0 Å². The molecule has 0 saturated carbocycles. The highest BCUT2D eigenvalue weighted by Crippen LogP contribution is 2.35. The summed E-state index contributed by atoms with van der Waals surface area (Å²) in [5.41, 5.74) is 0.583. The van der Waals surface area contributed by atoms with Crippen LogP contribution >= 0.6 is 0 Å². The molecule has 20 heavy (non-hydrogen) atoms. The third kappa shape index (κ3) is 3.39. The number of nitro benzene ring substituents is 1. The second-order valence-electron chi connectivity index (χ2n) is 5.15. The van der Waals surface area contributed by atoms with Gasteiger partial charge in [-0.2, -0.15) is 0 Å². The summed E-state index contributed by atoms with van der Waals surface area (Å²) in [6, 6.07) is 5.44. The lowest BCUT2D eigenvalue weighted by Crippen LogP contribution is -2.24. The van der Waals surface area contributed by atoms with Gasteiger partial charge < -0.3 is 15.0 Å². The van der Waals surface area contributed by atoms with Crippen LogP contribution in [0.4, 0.5) is 11.4 Å². The maximum Gasteiger partial charge on any atom is 0.333 e.